The highest BCUT2D eigenvalue weighted by atomic mass is 35.5. The van der Waals surface area contributed by atoms with Crippen LogP contribution in [0.4, 0.5) is 0 Å². The molecule has 0 spiro atoms. The quantitative estimate of drug-likeness (QED) is 0.760. The molecular weight excluding hydrogens is 333 g/mol. The lowest BCUT2D eigenvalue weighted by molar-refractivity contribution is 0.0778. The number of hydrogen-bond donors (Lipinski definition) is 1. The maximum atomic E-state index is 12.4. The van der Waals surface area contributed by atoms with Crippen LogP contribution in [-0.2, 0) is 14.8 Å². The lowest BCUT2D eigenvalue weighted by Gasteiger charge is -2.14. The molecule has 7 heteroatoms. The van der Waals surface area contributed by atoms with Gasteiger partial charge in [0.25, 0.3) is 0 Å². The summed E-state index contributed by atoms with van der Waals surface area (Å²) in [4.78, 5) is 0.0546. The average molecular weight is 354 g/mol. The van der Waals surface area contributed by atoms with E-state index in [1.807, 2.05) is 13.8 Å². The molecule has 0 aliphatic carbocycles. The third-order valence-corrected chi connectivity index (χ3v) is 5.54. The minimum Gasteiger partial charge on any atom is -0.379 e. The van der Waals surface area contributed by atoms with Crippen LogP contribution in [0.15, 0.2) is 11.0 Å². The van der Waals surface area contributed by atoms with Crippen molar-refractivity contribution in [1.29, 1.82) is 0 Å². The summed E-state index contributed by atoms with van der Waals surface area (Å²) in [5, 5.41) is 0.600. The number of halogens is 2. The Bertz CT molecular complexity index is 574. The molecule has 0 heterocycles. The normalized spacial score (nSPS) is 12.1. The van der Waals surface area contributed by atoms with E-state index in [1.54, 1.807) is 19.9 Å². The third kappa shape index (κ3) is 5.11. The highest BCUT2D eigenvalue weighted by molar-refractivity contribution is 7.89. The molecule has 4 nitrogen and oxygen atoms in total. The summed E-state index contributed by atoms with van der Waals surface area (Å²) in [6.45, 7) is 8.02. The second kappa shape index (κ2) is 7.79. The summed E-state index contributed by atoms with van der Waals surface area (Å²) >= 11 is 12.2. The standard InChI is InChI=1S/C14H21Cl2NO3S/c1-9(2)20-7-5-6-17-21(18,19)14-11(4)12(15)8-10(3)13(14)16/h8-9,17H,5-7H2,1-4H3. The van der Waals surface area contributed by atoms with E-state index in [4.69, 9.17) is 27.9 Å². The Morgan fingerprint density at radius 1 is 1.29 bits per heavy atom. The predicted molar refractivity (Wildman–Crippen MR) is 86.8 cm³/mol. The van der Waals surface area contributed by atoms with Crippen LogP contribution in [0, 0.1) is 13.8 Å². The number of rotatable bonds is 7. The Balaban J connectivity index is 2.84. The number of aryl methyl sites for hydroxylation is 1. The molecular formula is C14H21Cl2NO3S. The van der Waals surface area contributed by atoms with Crippen LogP contribution in [0.3, 0.4) is 0 Å². The van der Waals surface area contributed by atoms with Crippen molar-refractivity contribution < 1.29 is 13.2 Å². The molecule has 0 fully saturated rings. The van der Waals surface area contributed by atoms with Crippen LogP contribution < -0.4 is 4.72 Å². The fraction of sp³-hybridized carbons (Fsp3) is 0.571. The van der Waals surface area contributed by atoms with Gasteiger partial charge in [0.2, 0.25) is 10.0 Å². The first-order valence-electron chi connectivity index (χ1n) is 6.73. The number of sulfonamides is 1. The maximum Gasteiger partial charge on any atom is 0.242 e. The van der Waals surface area contributed by atoms with Crippen LogP contribution in [0.2, 0.25) is 10.0 Å². The Hall–Kier alpha value is -0.330. The zero-order valence-corrected chi connectivity index (χ0v) is 15.0. The molecule has 0 aliphatic rings. The SMILES string of the molecule is Cc1cc(Cl)c(C)c(S(=O)(=O)NCCCOC(C)C)c1Cl. The van der Waals surface area contributed by atoms with Crippen LogP contribution >= 0.6 is 23.2 Å². The summed E-state index contributed by atoms with van der Waals surface area (Å²) in [6.07, 6.45) is 0.724. The van der Waals surface area contributed by atoms with Gasteiger partial charge in [-0.15, -0.1) is 0 Å². The number of benzene rings is 1. The van der Waals surface area contributed by atoms with Gasteiger partial charge in [-0.25, -0.2) is 13.1 Å². The summed E-state index contributed by atoms with van der Waals surface area (Å²) < 4.78 is 32.7. The minimum absolute atomic E-state index is 0.0546. The van der Waals surface area contributed by atoms with Crippen molar-refractivity contribution in [2.24, 2.45) is 0 Å². The van der Waals surface area contributed by atoms with Gasteiger partial charge in [0.05, 0.1) is 11.1 Å². The van der Waals surface area contributed by atoms with E-state index in [1.165, 1.54) is 0 Å². The van der Waals surface area contributed by atoms with E-state index < -0.39 is 10.0 Å². The van der Waals surface area contributed by atoms with Gasteiger partial charge in [-0.3, -0.25) is 0 Å². The fourth-order valence-electron chi connectivity index (χ4n) is 1.80. The van der Waals surface area contributed by atoms with E-state index in [0.29, 0.717) is 29.2 Å². The highest BCUT2D eigenvalue weighted by Gasteiger charge is 2.23. The van der Waals surface area contributed by atoms with Crippen molar-refractivity contribution in [2.75, 3.05) is 13.2 Å². The molecule has 0 aromatic heterocycles. The number of nitrogens with one attached hydrogen (secondary N) is 1. The van der Waals surface area contributed by atoms with Gasteiger partial charge in [-0.2, -0.15) is 0 Å². The van der Waals surface area contributed by atoms with Gasteiger partial charge >= 0.3 is 0 Å². The van der Waals surface area contributed by atoms with Gasteiger partial charge in [0.15, 0.2) is 0 Å². The van der Waals surface area contributed by atoms with Crippen molar-refractivity contribution in [1.82, 2.24) is 4.72 Å². The summed E-state index contributed by atoms with van der Waals surface area (Å²) in [6, 6.07) is 1.66. The first kappa shape index (κ1) is 18.7. The van der Waals surface area contributed by atoms with Crippen LogP contribution in [0.1, 0.15) is 31.4 Å². The van der Waals surface area contributed by atoms with E-state index in [2.05, 4.69) is 4.72 Å². The van der Waals surface area contributed by atoms with Gasteiger partial charge in [0.1, 0.15) is 4.90 Å². The van der Waals surface area contributed by atoms with Gasteiger partial charge in [-0.1, -0.05) is 23.2 Å². The molecule has 0 atom stereocenters. The lowest BCUT2D eigenvalue weighted by Crippen LogP contribution is -2.27. The van der Waals surface area contributed by atoms with E-state index >= 15 is 0 Å². The molecule has 21 heavy (non-hydrogen) atoms. The second-order valence-electron chi connectivity index (χ2n) is 5.11. The fourth-order valence-corrected chi connectivity index (χ4v) is 4.09. The monoisotopic (exact) mass is 353 g/mol. The molecule has 0 aliphatic heterocycles. The summed E-state index contributed by atoms with van der Waals surface area (Å²) in [7, 11) is -3.69. The lowest BCUT2D eigenvalue weighted by atomic mass is 10.2. The maximum absolute atomic E-state index is 12.4. The van der Waals surface area contributed by atoms with Crippen molar-refractivity contribution in [3.05, 3.63) is 27.2 Å². The molecule has 0 bridgehead atoms. The van der Waals surface area contributed by atoms with Crippen molar-refractivity contribution in [3.8, 4) is 0 Å². The Kier molecular flexibility index (Phi) is 6.94. The molecule has 1 aromatic rings. The van der Waals surface area contributed by atoms with Crippen molar-refractivity contribution >= 4 is 33.2 Å². The smallest absolute Gasteiger partial charge is 0.242 e. The zero-order valence-electron chi connectivity index (χ0n) is 12.7. The summed E-state index contributed by atoms with van der Waals surface area (Å²) in [5.74, 6) is 0. The van der Waals surface area contributed by atoms with E-state index in [9.17, 15) is 8.42 Å². The highest BCUT2D eigenvalue weighted by Crippen LogP contribution is 2.33. The second-order valence-corrected chi connectivity index (χ2v) is 7.60. The Morgan fingerprint density at radius 2 is 1.90 bits per heavy atom. The van der Waals surface area contributed by atoms with Crippen molar-refractivity contribution in [3.63, 3.8) is 0 Å². The predicted octanol–water partition coefficient (Wildman–Crippen LogP) is 3.70. The molecule has 1 N–H and O–H groups in total. The molecule has 0 unspecified atom stereocenters. The summed E-state index contributed by atoms with van der Waals surface area (Å²) in [5.41, 5.74) is 1.09. The molecule has 0 amide bonds. The van der Waals surface area contributed by atoms with Gasteiger partial charge < -0.3 is 4.74 Å². The van der Waals surface area contributed by atoms with Crippen LogP contribution in [0.25, 0.3) is 0 Å². The molecule has 0 saturated carbocycles. The van der Waals surface area contributed by atoms with E-state index in [-0.39, 0.29) is 22.6 Å². The first-order valence-corrected chi connectivity index (χ1v) is 8.97. The van der Waals surface area contributed by atoms with Crippen LogP contribution in [-0.4, -0.2) is 27.7 Å². The van der Waals surface area contributed by atoms with Gasteiger partial charge in [0, 0.05) is 18.2 Å². The number of hydrogen-bond acceptors (Lipinski definition) is 3. The largest absolute Gasteiger partial charge is 0.379 e. The number of ether oxygens (including phenoxy) is 1. The van der Waals surface area contributed by atoms with E-state index in [0.717, 1.165) is 0 Å². The molecule has 0 saturated heterocycles. The molecule has 120 valence electrons. The zero-order chi connectivity index (χ0) is 16.2. The molecule has 1 rings (SSSR count). The minimum atomic E-state index is -3.69. The molecule has 1 aromatic carbocycles. The molecule has 0 radical (unpaired) electrons. The topological polar surface area (TPSA) is 55.4 Å². The third-order valence-electron chi connectivity index (χ3n) is 2.92. The van der Waals surface area contributed by atoms with Crippen molar-refractivity contribution in [2.45, 2.75) is 45.1 Å². The Labute approximate surface area is 136 Å². The first-order chi connectivity index (χ1) is 9.66. The Morgan fingerprint density at radius 3 is 2.48 bits per heavy atom. The van der Waals surface area contributed by atoms with Crippen LogP contribution in [0.5, 0.6) is 0 Å². The van der Waals surface area contributed by atoms with Gasteiger partial charge in [-0.05, 0) is 51.3 Å². The average Bonchev–Trinajstić information content (AvgIpc) is 2.35.